The van der Waals surface area contributed by atoms with Crippen molar-refractivity contribution in [3.8, 4) is 0 Å². The molecule has 0 aliphatic carbocycles. The van der Waals surface area contributed by atoms with Gasteiger partial charge < -0.3 is 24.8 Å². The number of aliphatic imine (C=N–C) groups is 1. The molecule has 0 saturated carbocycles. The first-order chi connectivity index (χ1) is 4.09. The van der Waals surface area contributed by atoms with Crippen LogP contribution in [0.3, 0.4) is 0 Å². The quantitative estimate of drug-likeness (QED) is 0.235. The third-order valence-electron chi connectivity index (χ3n) is 0.900. The second-order valence-corrected chi connectivity index (χ2v) is 3.02. The van der Waals surface area contributed by atoms with Crippen LogP contribution in [0.2, 0.25) is 0 Å². The van der Waals surface area contributed by atoms with Crippen LogP contribution in [0, 0.1) is 0 Å². The molecular weight excluding hydrogens is 221 g/mol. The van der Waals surface area contributed by atoms with Gasteiger partial charge in [0.15, 0.2) is 0 Å². The summed E-state index contributed by atoms with van der Waals surface area (Å²) in [6.45, 7) is 0. The van der Waals surface area contributed by atoms with Crippen molar-refractivity contribution in [2.24, 2.45) is 4.99 Å². The van der Waals surface area contributed by atoms with E-state index in [-0.39, 0.29) is 24.8 Å². The van der Waals surface area contributed by atoms with E-state index < -0.39 is 0 Å². The predicted octanol–water partition coefficient (Wildman–Crippen LogP) is -6.06. The van der Waals surface area contributed by atoms with Gasteiger partial charge in [-0.2, -0.15) is 0 Å². The summed E-state index contributed by atoms with van der Waals surface area (Å²) in [7, 11) is 7.71. The average Bonchev–Trinajstić information content (AvgIpc) is 1.64. The zero-order chi connectivity index (χ0) is 7.44. The summed E-state index contributed by atoms with van der Waals surface area (Å²) in [4.78, 5) is 6.03. The van der Waals surface area contributed by atoms with Gasteiger partial charge in [0.1, 0.15) is 0 Å². The van der Waals surface area contributed by atoms with Crippen LogP contribution in [0.5, 0.6) is 0 Å². The Kier molecular flexibility index (Phi) is 13.9. The van der Waals surface area contributed by atoms with Gasteiger partial charge in [0.25, 0.3) is 0 Å². The Balaban J connectivity index is -0.000000320. The Morgan fingerprint density at radius 1 is 1.18 bits per heavy atom. The molecule has 0 spiro atoms. The minimum atomic E-state index is 0. The fourth-order valence-electron chi connectivity index (χ4n) is 0.650. The third kappa shape index (κ3) is 6.94. The molecule has 0 heterocycles. The Morgan fingerprint density at radius 3 is 1.55 bits per heavy atom. The second kappa shape index (κ2) is 8.66. The molecule has 0 atom stereocenters. The number of nitrogens with zero attached hydrogens (tertiary/aromatic N) is 3. The molecule has 0 aromatic rings. The normalized spacial score (nSPS) is 9.45. The van der Waals surface area contributed by atoms with Gasteiger partial charge in [-0.1, -0.05) is 0 Å². The average molecular weight is 233 g/mol. The number of hydrogen-bond acceptors (Lipinski definition) is 1. The van der Waals surface area contributed by atoms with Gasteiger partial charge in [-0.05, 0) is 0 Å². The topological polar surface area (TPSA) is 18.8 Å². The maximum atomic E-state index is 4.06. The molecule has 3 nitrogen and oxygen atoms in total. The van der Waals surface area contributed by atoms with Crippen molar-refractivity contribution in [3.63, 3.8) is 0 Å². The Bertz CT molecular complexity index is 106. The molecule has 6 heteroatoms. The van der Waals surface area contributed by atoms with Gasteiger partial charge in [0, 0.05) is 0 Å². The number of hydrogen-bond donors (Lipinski definition) is 0. The van der Waals surface area contributed by atoms with Crippen molar-refractivity contribution in [1.29, 1.82) is 0 Å². The van der Waals surface area contributed by atoms with E-state index in [1.54, 1.807) is 7.05 Å². The molecule has 0 bridgehead atoms. The van der Waals surface area contributed by atoms with Gasteiger partial charge in [0.05, 0.1) is 0 Å². The van der Waals surface area contributed by atoms with Crippen molar-refractivity contribution in [1.82, 2.24) is 8.28 Å². The van der Waals surface area contributed by atoms with E-state index in [0.29, 0.717) is 0 Å². The Labute approximate surface area is 92.8 Å². The maximum Gasteiger partial charge on any atom is -1.00 e. The Hall–Kier alpha value is 0.564. The van der Waals surface area contributed by atoms with Crippen LogP contribution >= 0.6 is 0 Å². The summed E-state index contributed by atoms with van der Waals surface area (Å²) < 4.78 is 1.97. The smallest absolute Gasteiger partial charge is 1.00 e. The molecule has 0 fully saturated rings. The van der Waals surface area contributed by atoms with Crippen LogP contribution in [-0.4, -0.2) is 42.4 Å². The van der Waals surface area contributed by atoms with E-state index in [2.05, 4.69) is 4.99 Å². The summed E-state index contributed by atoms with van der Waals surface area (Å²) in [5.74, 6) is 0.981. The van der Waals surface area contributed by atoms with E-state index in [0.717, 1.165) is 5.96 Å². The third-order valence-corrected chi connectivity index (χ3v) is 1.21. The molecule has 0 aromatic heterocycles. The largest absolute Gasteiger partial charge is 1.00 e. The van der Waals surface area contributed by atoms with E-state index in [1.165, 1.54) is 0 Å². The first-order valence-corrected chi connectivity index (χ1v) is 3.38. The molecule has 0 N–H and O–H groups in total. The van der Waals surface area contributed by atoms with E-state index in [9.17, 15) is 0 Å². The number of guanidine groups is 1. The fourth-order valence-corrected chi connectivity index (χ4v) is 1.12. The van der Waals surface area contributed by atoms with Crippen molar-refractivity contribution in [2.75, 3.05) is 28.2 Å². The van der Waals surface area contributed by atoms with Crippen LogP contribution in [0.1, 0.15) is 0 Å². The Morgan fingerprint density at radius 2 is 1.55 bits per heavy atom. The van der Waals surface area contributed by atoms with E-state index in [1.807, 2.05) is 50.1 Å². The molecule has 0 aromatic carbocycles. The van der Waals surface area contributed by atoms with Gasteiger partial charge >= 0.3 is 68.1 Å². The number of halogens is 2. The summed E-state index contributed by atoms with van der Waals surface area (Å²) >= 11 is 1.97. The fraction of sp³-hybridized carbons (Fsp3) is 0.800. The first-order valence-electron chi connectivity index (χ1n) is 2.68. The zero-order valence-corrected chi connectivity index (χ0v) is 10.2. The minimum Gasteiger partial charge on any atom is -1.00 e. The van der Waals surface area contributed by atoms with E-state index >= 15 is 0 Å². The van der Waals surface area contributed by atoms with Crippen molar-refractivity contribution in [2.45, 2.75) is 0 Å². The molecule has 65 valence electrons. The predicted molar refractivity (Wildman–Crippen MR) is 34.8 cm³/mol. The summed E-state index contributed by atoms with van der Waals surface area (Å²) in [5, 5.41) is 0. The summed E-state index contributed by atoms with van der Waals surface area (Å²) in [6.07, 6.45) is 0. The van der Waals surface area contributed by atoms with Crippen LogP contribution in [0.4, 0.5) is 0 Å². The monoisotopic (exact) mass is 232 g/mol. The summed E-state index contributed by atoms with van der Waals surface area (Å²) in [6, 6.07) is 0. The van der Waals surface area contributed by atoms with Crippen molar-refractivity contribution < 1.29 is 45.5 Å². The van der Waals surface area contributed by atoms with Gasteiger partial charge in [-0.25, -0.2) is 0 Å². The van der Waals surface area contributed by atoms with Crippen LogP contribution in [0.25, 0.3) is 0 Å². The van der Waals surface area contributed by atoms with Crippen molar-refractivity contribution in [3.05, 3.63) is 0 Å². The van der Waals surface area contributed by atoms with E-state index in [4.69, 9.17) is 0 Å². The molecular formula is C5H12Cl2N3Ti. The maximum absolute atomic E-state index is 4.06. The molecule has 0 amide bonds. The molecule has 0 rings (SSSR count). The van der Waals surface area contributed by atoms with Crippen LogP contribution in [0.15, 0.2) is 4.99 Å². The molecule has 0 aliphatic rings. The van der Waals surface area contributed by atoms with Gasteiger partial charge in [0.2, 0.25) is 0 Å². The SMILES string of the molecule is CN=C(N(C)C)[N](C)[Ti+2].[Cl-].[Cl-]. The second-order valence-electron chi connectivity index (χ2n) is 1.98. The van der Waals surface area contributed by atoms with Gasteiger partial charge in [-0.3, -0.25) is 0 Å². The molecule has 0 aliphatic heterocycles. The number of rotatable bonds is 0. The molecule has 0 unspecified atom stereocenters. The standard InChI is InChI=1S/C5H12N3.2ClH.Ti/c1-6-5(7-2)8(3)4;;;/h1-4H3;2*1H;/q-1;;;+3/p-2. The minimum absolute atomic E-state index is 0. The molecule has 0 saturated heterocycles. The zero-order valence-electron chi connectivity index (χ0n) is 7.10. The van der Waals surface area contributed by atoms with Gasteiger partial charge in [-0.15, -0.1) is 0 Å². The molecule has 0 radical (unpaired) electrons. The first kappa shape index (κ1) is 17.6. The molecule has 11 heavy (non-hydrogen) atoms. The van der Waals surface area contributed by atoms with Crippen LogP contribution < -0.4 is 24.8 Å². The van der Waals surface area contributed by atoms with Crippen molar-refractivity contribution >= 4 is 5.96 Å². The summed E-state index contributed by atoms with van der Waals surface area (Å²) in [5.41, 5.74) is 0. The van der Waals surface area contributed by atoms with Crippen LogP contribution in [-0.2, 0) is 20.7 Å².